The summed E-state index contributed by atoms with van der Waals surface area (Å²) in [6.45, 7) is 8.74. The molecular formula is C9H17N3O. The van der Waals surface area contributed by atoms with Crippen LogP contribution in [0.5, 0.6) is 0 Å². The molecule has 1 unspecified atom stereocenters. The zero-order valence-corrected chi connectivity index (χ0v) is 8.66. The summed E-state index contributed by atoms with van der Waals surface area (Å²) in [6, 6.07) is 0.149. The van der Waals surface area contributed by atoms with Crippen molar-refractivity contribution in [1.82, 2.24) is 10.2 Å². The van der Waals surface area contributed by atoms with Crippen molar-refractivity contribution in [2.45, 2.75) is 34.1 Å². The molecule has 4 nitrogen and oxygen atoms in total. The number of nitrogen functional groups attached to an aromatic ring is 1. The van der Waals surface area contributed by atoms with Gasteiger partial charge in [-0.2, -0.15) is 0 Å². The van der Waals surface area contributed by atoms with Crippen LogP contribution in [0.1, 0.15) is 33.6 Å². The summed E-state index contributed by atoms with van der Waals surface area (Å²) in [5, 5.41) is 7.44. The van der Waals surface area contributed by atoms with Gasteiger partial charge in [0.25, 0.3) is 0 Å². The molecule has 1 aromatic heterocycles. The normalized spacial score (nSPS) is 14.5. The maximum Gasteiger partial charge on any atom is 0.312 e. The van der Waals surface area contributed by atoms with Crippen LogP contribution in [-0.2, 0) is 6.42 Å². The molecule has 0 aliphatic carbocycles. The van der Waals surface area contributed by atoms with E-state index in [1.807, 2.05) is 0 Å². The van der Waals surface area contributed by atoms with Gasteiger partial charge in [-0.25, -0.2) is 0 Å². The minimum absolute atomic E-state index is 0.149. The van der Waals surface area contributed by atoms with Gasteiger partial charge in [0, 0.05) is 6.42 Å². The van der Waals surface area contributed by atoms with Crippen molar-refractivity contribution in [1.29, 1.82) is 0 Å². The summed E-state index contributed by atoms with van der Waals surface area (Å²) in [6.07, 6.45) is 0.785. The van der Waals surface area contributed by atoms with E-state index in [4.69, 9.17) is 10.2 Å². The molecule has 74 valence electrons. The molecule has 1 heterocycles. The lowest BCUT2D eigenvalue weighted by atomic mass is 9.80. The van der Waals surface area contributed by atoms with Gasteiger partial charge in [-0.1, -0.05) is 32.8 Å². The first-order valence-corrected chi connectivity index (χ1v) is 4.47. The van der Waals surface area contributed by atoms with Crippen LogP contribution < -0.4 is 5.73 Å². The third-order valence-electron chi connectivity index (χ3n) is 2.44. The lowest BCUT2D eigenvalue weighted by Crippen LogP contribution is -2.19. The Labute approximate surface area is 78.5 Å². The van der Waals surface area contributed by atoms with E-state index in [0.29, 0.717) is 11.8 Å². The fourth-order valence-electron chi connectivity index (χ4n) is 0.917. The highest BCUT2D eigenvalue weighted by Gasteiger charge is 2.22. The number of hydrogen-bond acceptors (Lipinski definition) is 4. The van der Waals surface area contributed by atoms with E-state index in [9.17, 15) is 0 Å². The van der Waals surface area contributed by atoms with E-state index < -0.39 is 0 Å². The zero-order valence-electron chi connectivity index (χ0n) is 8.66. The van der Waals surface area contributed by atoms with Crippen LogP contribution in [0.4, 0.5) is 6.01 Å². The molecule has 0 radical (unpaired) electrons. The Balaban J connectivity index is 2.60. The van der Waals surface area contributed by atoms with Crippen molar-refractivity contribution < 1.29 is 4.42 Å². The largest absolute Gasteiger partial charge is 0.408 e. The highest BCUT2D eigenvalue weighted by atomic mass is 16.4. The minimum Gasteiger partial charge on any atom is -0.408 e. The first-order valence-electron chi connectivity index (χ1n) is 4.47. The molecule has 0 bridgehead atoms. The van der Waals surface area contributed by atoms with Gasteiger partial charge < -0.3 is 10.2 Å². The van der Waals surface area contributed by atoms with E-state index >= 15 is 0 Å². The first kappa shape index (κ1) is 10.0. The summed E-state index contributed by atoms with van der Waals surface area (Å²) in [5.41, 5.74) is 5.58. The van der Waals surface area contributed by atoms with E-state index in [1.165, 1.54) is 0 Å². The minimum atomic E-state index is 0.149. The SMILES string of the molecule is CC(Cc1nnc(N)o1)C(C)(C)C. The van der Waals surface area contributed by atoms with Gasteiger partial charge in [-0.3, -0.25) is 0 Å². The molecule has 0 spiro atoms. The van der Waals surface area contributed by atoms with Crippen molar-refractivity contribution in [3.63, 3.8) is 0 Å². The second-order valence-corrected chi connectivity index (χ2v) is 4.51. The van der Waals surface area contributed by atoms with Gasteiger partial charge >= 0.3 is 6.01 Å². The molecule has 0 aromatic carbocycles. The molecule has 4 heteroatoms. The van der Waals surface area contributed by atoms with Crippen molar-refractivity contribution in [2.75, 3.05) is 5.73 Å². The number of rotatable bonds is 2. The van der Waals surface area contributed by atoms with Crippen LogP contribution >= 0.6 is 0 Å². The van der Waals surface area contributed by atoms with Crippen molar-refractivity contribution in [3.8, 4) is 0 Å². The smallest absolute Gasteiger partial charge is 0.312 e. The van der Waals surface area contributed by atoms with E-state index in [-0.39, 0.29) is 11.4 Å². The van der Waals surface area contributed by atoms with E-state index in [2.05, 4.69) is 37.9 Å². The molecule has 1 aromatic rings. The molecule has 1 rings (SSSR count). The summed E-state index contributed by atoms with van der Waals surface area (Å²) in [7, 11) is 0. The van der Waals surface area contributed by atoms with Crippen LogP contribution in [0.25, 0.3) is 0 Å². The van der Waals surface area contributed by atoms with Gasteiger partial charge in [0.2, 0.25) is 5.89 Å². The van der Waals surface area contributed by atoms with Gasteiger partial charge in [0.05, 0.1) is 0 Å². The Morgan fingerprint density at radius 2 is 2.00 bits per heavy atom. The van der Waals surface area contributed by atoms with E-state index in [1.54, 1.807) is 0 Å². The maximum atomic E-state index is 5.32. The Hall–Kier alpha value is -1.06. The number of aromatic nitrogens is 2. The molecule has 0 aliphatic rings. The second-order valence-electron chi connectivity index (χ2n) is 4.51. The topological polar surface area (TPSA) is 64.9 Å². The number of nitrogens with zero attached hydrogens (tertiary/aromatic N) is 2. The second kappa shape index (κ2) is 3.36. The summed E-state index contributed by atoms with van der Waals surface area (Å²) < 4.78 is 5.10. The number of nitrogens with two attached hydrogens (primary N) is 1. The molecule has 2 N–H and O–H groups in total. The monoisotopic (exact) mass is 183 g/mol. The fourth-order valence-corrected chi connectivity index (χ4v) is 0.917. The number of anilines is 1. The average molecular weight is 183 g/mol. The van der Waals surface area contributed by atoms with Gasteiger partial charge in [0.15, 0.2) is 0 Å². The maximum absolute atomic E-state index is 5.32. The van der Waals surface area contributed by atoms with Gasteiger partial charge in [-0.05, 0) is 11.3 Å². The Bertz CT molecular complexity index is 275. The number of hydrogen-bond donors (Lipinski definition) is 1. The molecule has 1 atom stereocenters. The Morgan fingerprint density at radius 1 is 1.38 bits per heavy atom. The highest BCUT2D eigenvalue weighted by Crippen LogP contribution is 2.28. The first-order chi connectivity index (χ1) is 5.89. The lowest BCUT2D eigenvalue weighted by molar-refractivity contribution is 0.245. The van der Waals surface area contributed by atoms with Crippen molar-refractivity contribution in [2.24, 2.45) is 11.3 Å². The van der Waals surface area contributed by atoms with Crippen LogP contribution in [0.2, 0.25) is 0 Å². The average Bonchev–Trinajstić information content (AvgIpc) is 2.33. The molecular weight excluding hydrogens is 166 g/mol. The van der Waals surface area contributed by atoms with Crippen molar-refractivity contribution >= 4 is 6.01 Å². The zero-order chi connectivity index (χ0) is 10.1. The summed E-state index contributed by atoms with van der Waals surface area (Å²) in [5.74, 6) is 1.12. The molecule has 0 saturated heterocycles. The quantitative estimate of drug-likeness (QED) is 0.760. The molecule has 0 fully saturated rings. The third kappa shape index (κ3) is 2.72. The third-order valence-corrected chi connectivity index (χ3v) is 2.44. The van der Waals surface area contributed by atoms with Crippen LogP contribution in [-0.4, -0.2) is 10.2 Å². The Kier molecular flexibility index (Phi) is 2.59. The summed E-state index contributed by atoms with van der Waals surface area (Å²) >= 11 is 0. The standard InChI is InChI=1S/C9H17N3O/c1-6(9(2,3)4)5-7-11-12-8(10)13-7/h6H,5H2,1-4H3,(H2,10,12). The molecule has 13 heavy (non-hydrogen) atoms. The molecule has 0 aliphatic heterocycles. The summed E-state index contributed by atoms with van der Waals surface area (Å²) in [4.78, 5) is 0. The molecule has 0 amide bonds. The van der Waals surface area contributed by atoms with E-state index in [0.717, 1.165) is 6.42 Å². The predicted molar refractivity (Wildman–Crippen MR) is 51.0 cm³/mol. The predicted octanol–water partition coefficient (Wildman–Crippen LogP) is 1.88. The molecule has 0 saturated carbocycles. The van der Waals surface area contributed by atoms with Crippen LogP contribution in [0, 0.1) is 11.3 Å². The lowest BCUT2D eigenvalue weighted by Gasteiger charge is -2.25. The fraction of sp³-hybridized carbons (Fsp3) is 0.778. The van der Waals surface area contributed by atoms with Crippen LogP contribution in [0.15, 0.2) is 4.42 Å². The van der Waals surface area contributed by atoms with Crippen LogP contribution in [0.3, 0.4) is 0 Å². The van der Waals surface area contributed by atoms with Gasteiger partial charge in [-0.15, -0.1) is 5.10 Å². The van der Waals surface area contributed by atoms with Crippen molar-refractivity contribution in [3.05, 3.63) is 5.89 Å². The highest BCUT2D eigenvalue weighted by molar-refractivity contribution is 5.05. The van der Waals surface area contributed by atoms with Gasteiger partial charge in [0.1, 0.15) is 0 Å². The Morgan fingerprint density at radius 3 is 2.38 bits per heavy atom.